The van der Waals surface area contributed by atoms with Crippen LogP contribution in [0, 0.1) is 5.82 Å². The average molecular weight is 277 g/mol. The van der Waals surface area contributed by atoms with Gasteiger partial charge in [0, 0.05) is 17.6 Å². The van der Waals surface area contributed by atoms with E-state index in [1.165, 1.54) is 12.1 Å². The quantitative estimate of drug-likeness (QED) is 0.834. The highest BCUT2D eigenvalue weighted by Gasteiger charge is 2.16. The number of rotatable bonds is 5. The van der Waals surface area contributed by atoms with Gasteiger partial charge in [-0.3, -0.25) is 0 Å². The van der Waals surface area contributed by atoms with Crippen molar-refractivity contribution in [1.29, 1.82) is 0 Å². The third kappa shape index (κ3) is 3.35. The lowest BCUT2D eigenvalue weighted by molar-refractivity contribution is 0.424. The summed E-state index contributed by atoms with van der Waals surface area (Å²) in [7, 11) is 0. The van der Waals surface area contributed by atoms with Gasteiger partial charge in [-0.2, -0.15) is 0 Å². The van der Waals surface area contributed by atoms with Gasteiger partial charge in [-0.25, -0.2) is 4.39 Å². The van der Waals surface area contributed by atoms with Gasteiger partial charge in [0.2, 0.25) is 11.8 Å². The molecule has 0 N–H and O–H groups in total. The van der Waals surface area contributed by atoms with E-state index in [-0.39, 0.29) is 17.8 Å². The van der Waals surface area contributed by atoms with E-state index in [0.717, 1.165) is 5.69 Å². The fraction of sp³-hybridized carbons (Fsp3) is 0.467. The van der Waals surface area contributed by atoms with Gasteiger partial charge in [-0.15, -0.1) is 10.2 Å². The highest BCUT2D eigenvalue weighted by Crippen LogP contribution is 2.21. The van der Waals surface area contributed by atoms with Gasteiger partial charge in [0.05, 0.1) is 6.54 Å². The Labute approximate surface area is 118 Å². The molecule has 0 aliphatic carbocycles. The lowest BCUT2D eigenvalue weighted by Gasteiger charge is -2.27. The first-order valence-corrected chi connectivity index (χ1v) is 6.82. The zero-order valence-electron chi connectivity index (χ0n) is 12.3. The van der Waals surface area contributed by atoms with E-state index in [1.807, 2.05) is 13.8 Å². The first kappa shape index (κ1) is 14.5. The van der Waals surface area contributed by atoms with Crippen LogP contribution < -0.4 is 4.90 Å². The number of aromatic nitrogens is 2. The molecule has 2 rings (SSSR count). The maximum Gasteiger partial charge on any atom is 0.235 e. The van der Waals surface area contributed by atoms with Gasteiger partial charge in [0.25, 0.3) is 0 Å². The summed E-state index contributed by atoms with van der Waals surface area (Å²) in [4.78, 5) is 2.09. The number of hydrogen-bond donors (Lipinski definition) is 0. The third-order valence-electron chi connectivity index (χ3n) is 3.06. The van der Waals surface area contributed by atoms with Crippen LogP contribution in [0.3, 0.4) is 0 Å². The van der Waals surface area contributed by atoms with Gasteiger partial charge in [0.1, 0.15) is 5.82 Å². The molecule has 2 aromatic rings. The summed E-state index contributed by atoms with van der Waals surface area (Å²) in [6.45, 7) is 8.68. The number of nitrogens with zero attached hydrogens (tertiary/aromatic N) is 3. The SMILES string of the molecule is CC(C)c1nnc(CN(c2ccc(F)cc2)C(C)C)o1. The summed E-state index contributed by atoms with van der Waals surface area (Å²) in [5.41, 5.74) is 0.936. The molecule has 0 saturated carbocycles. The Morgan fingerprint density at radius 3 is 2.25 bits per heavy atom. The fourth-order valence-corrected chi connectivity index (χ4v) is 1.91. The molecule has 1 aromatic carbocycles. The lowest BCUT2D eigenvalue weighted by atomic mass is 10.2. The van der Waals surface area contributed by atoms with Crippen molar-refractivity contribution in [3.05, 3.63) is 41.9 Å². The summed E-state index contributed by atoms with van der Waals surface area (Å²) in [5, 5.41) is 8.10. The van der Waals surface area contributed by atoms with Gasteiger partial charge in [0.15, 0.2) is 0 Å². The standard InChI is InChI=1S/C15H20FN3O/c1-10(2)15-18-17-14(20-15)9-19(11(3)4)13-7-5-12(16)6-8-13/h5-8,10-11H,9H2,1-4H3. The third-order valence-corrected chi connectivity index (χ3v) is 3.06. The molecule has 0 atom stereocenters. The lowest BCUT2D eigenvalue weighted by Crippen LogP contribution is -2.30. The van der Waals surface area contributed by atoms with Crippen molar-refractivity contribution in [3.63, 3.8) is 0 Å². The van der Waals surface area contributed by atoms with Gasteiger partial charge >= 0.3 is 0 Å². The van der Waals surface area contributed by atoms with Crippen molar-refractivity contribution in [2.75, 3.05) is 4.90 Å². The van der Waals surface area contributed by atoms with Gasteiger partial charge in [-0.1, -0.05) is 13.8 Å². The van der Waals surface area contributed by atoms with Crippen molar-refractivity contribution in [2.45, 2.75) is 46.2 Å². The van der Waals surface area contributed by atoms with Crippen LogP contribution in [-0.4, -0.2) is 16.2 Å². The zero-order valence-corrected chi connectivity index (χ0v) is 12.3. The predicted octanol–water partition coefficient (Wildman–Crippen LogP) is 3.75. The Morgan fingerprint density at radius 1 is 1.10 bits per heavy atom. The molecule has 108 valence electrons. The maximum atomic E-state index is 13.0. The molecule has 0 bridgehead atoms. The van der Waals surface area contributed by atoms with E-state index < -0.39 is 0 Å². The summed E-state index contributed by atoms with van der Waals surface area (Å²) < 4.78 is 18.6. The molecule has 0 saturated heterocycles. The second-order valence-electron chi connectivity index (χ2n) is 5.39. The largest absolute Gasteiger partial charge is 0.423 e. The van der Waals surface area contributed by atoms with Crippen LogP contribution in [0.4, 0.5) is 10.1 Å². The monoisotopic (exact) mass is 277 g/mol. The Hall–Kier alpha value is -1.91. The summed E-state index contributed by atoms with van der Waals surface area (Å²) >= 11 is 0. The summed E-state index contributed by atoms with van der Waals surface area (Å²) in [6.07, 6.45) is 0. The molecule has 0 aliphatic rings. The van der Waals surface area contributed by atoms with Crippen molar-refractivity contribution < 1.29 is 8.81 Å². The second-order valence-corrected chi connectivity index (χ2v) is 5.39. The average Bonchev–Trinajstić information content (AvgIpc) is 2.86. The number of anilines is 1. The van der Waals surface area contributed by atoms with E-state index in [2.05, 4.69) is 28.9 Å². The normalized spacial score (nSPS) is 11.3. The molecule has 0 amide bonds. The first-order chi connectivity index (χ1) is 9.47. The topological polar surface area (TPSA) is 42.2 Å². The molecule has 0 fully saturated rings. The van der Waals surface area contributed by atoms with Crippen LogP contribution in [0.5, 0.6) is 0 Å². The van der Waals surface area contributed by atoms with E-state index in [1.54, 1.807) is 12.1 Å². The van der Waals surface area contributed by atoms with E-state index in [4.69, 9.17) is 4.42 Å². The highest BCUT2D eigenvalue weighted by molar-refractivity contribution is 5.46. The Balaban J connectivity index is 2.18. The van der Waals surface area contributed by atoms with Crippen LogP contribution in [-0.2, 0) is 6.54 Å². The molecular weight excluding hydrogens is 257 g/mol. The Kier molecular flexibility index (Phi) is 4.37. The minimum atomic E-state index is -0.239. The Bertz CT molecular complexity index is 549. The Morgan fingerprint density at radius 2 is 1.75 bits per heavy atom. The molecule has 0 spiro atoms. The maximum absolute atomic E-state index is 13.0. The fourth-order valence-electron chi connectivity index (χ4n) is 1.91. The second kappa shape index (κ2) is 6.03. The summed E-state index contributed by atoms with van der Waals surface area (Å²) in [5.74, 6) is 1.20. The van der Waals surface area contributed by atoms with Crippen molar-refractivity contribution in [2.24, 2.45) is 0 Å². The number of halogens is 1. The van der Waals surface area contributed by atoms with Crippen molar-refractivity contribution in [3.8, 4) is 0 Å². The molecule has 0 radical (unpaired) electrons. The number of benzene rings is 1. The van der Waals surface area contributed by atoms with Crippen LogP contribution in [0.1, 0.15) is 45.4 Å². The zero-order chi connectivity index (χ0) is 14.7. The van der Waals surface area contributed by atoms with Gasteiger partial charge in [-0.05, 0) is 38.1 Å². The predicted molar refractivity (Wildman–Crippen MR) is 76.1 cm³/mol. The molecule has 0 aliphatic heterocycles. The first-order valence-electron chi connectivity index (χ1n) is 6.82. The van der Waals surface area contributed by atoms with Crippen LogP contribution in [0.2, 0.25) is 0 Å². The van der Waals surface area contributed by atoms with Crippen LogP contribution >= 0.6 is 0 Å². The van der Waals surface area contributed by atoms with Crippen LogP contribution in [0.15, 0.2) is 28.7 Å². The minimum absolute atomic E-state index is 0.217. The molecule has 1 heterocycles. The molecule has 5 heteroatoms. The smallest absolute Gasteiger partial charge is 0.235 e. The highest BCUT2D eigenvalue weighted by atomic mass is 19.1. The van der Waals surface area contributed by atoms with Crippen molar-refractivity contribution in [1.82, 2.24) is 10.2 Å². The van der Waals surface area contributed by atoms with E-state index >= 15 is 0 Å². The molecule has 1 aromatic heterocycles. The van der Waals surface area contributed by atoms with Crippen LogP contribution in [0.25, 0.3) is 0 Å². The van der Waals surface area contributed by atoms with Gasteiger partial charge < -0.3 is 9.32 Å². The molecule has 4 nitrogen and oxygen atoms in total. The molecular formula is C15H20FN3O. The molecule has 20 heavy (non-hydrogen) atoms. The minimum Gasteiger partial charge on any atom is -0.423 e. The summed E-state index contributed by atoms with van der Waals surface area (Å²) in [6, 6.07) is 6.68. The van der Waals surface area contributed by atoms with E-state index in [0.29, 0.717) is 18.3 Å². The molecule has 0 unspecified atom stereocenters. The van der Waals surface area contributed by atoms with Crippen molar-refractivity contribution >= 4 is 5.69 Å². The van der Waals surface area contributed by atoms with E-state index in [9.17, 15) is 4.39 Å². The number of hydrogen-bond acceptors (Lipinski definition) is 4.